The Morgan fingerprint density at radius 1 is 1.21 bits per heavy atom. The molecule has 5 heteroatoms. The summed E-state index contributed by atoms with van der Waals surface area (Å²) in [6, 6.07) is 0. The van der Waals surface area contributed by atoms with Crippen LogP contribution in [0.5, 0.6) is 0 Å². The molecule has 19 heavy (non-hydrogen) atoms. The first-order valence-electron chi connectivity index (χ1n) is 7.27. The summed E-state index contributed by atoms with van der Waals surface area (Å²) in [5, 5.41) is 7.02. The molecule has 4 bridgehead atoms. The maximum atomic E-state index is 6.10. The van der Waals surface area contributed by atoms with Crippen LogP contribution in [0.4, 0.5) is 5.95 Å². The number of nitrogen functional groups attached to an aromatic ring is 1. The van der Waals surface area contributed by atoms with Crippen LogP contribution in [-0.2, 0) is 5.54 Å². The van der Waals surface area contributed by atoms with Crippen molar-refractivity contribution in [2.45, 2.75) is 57.9 Å². The van der Waals surface area contributed by atoms with E-state index >= 15 is 0 Å². The Morgan fingerprint density at radius 3 is 2.32 bits per heavy atom. The Kier molecular flexibility index (Phi) is 2.04. The van der Waals surface area contributed by atoms with E-state index in [9.17, 15) is 0 Å². The Balaban J connectivity index is 1.90. The van der Waals surface area contributed by atoms with Gasteiger partial charge in [0.25, 0.3) is 0 Å². The van der Waals surface area contributed by atoms with E-state index in [1.807, 2.05) is 0 Å². The molecule has 0 spiro atoms. The van der Waals surface area contributed by atoms with Crippen molar-refractivity contribution in [1.29, 1.82) is 0 Å². The van der Waals surface area contributed by atoms with Crippen LogP contribution in [0.2, 0.25) is 0 Å². The summed E-state index contributed by atoms with van der Waals surface area (Å²) in [6.07, 6.45) is 7.79. The van der Waals surface area contributed by atoms with Crippen LogP contribution < -0.4 is 5.73 Å². The van der Waals surface area contributed by atoms with Gasteiger partial charge in [0.1, 0.15) is 0 Å². The standard InChI is InChI=1S/C14H22N4S/c1-12-3-9-4-13(2,6-12)8-14(5-9,7-12)18-10(15)16-17-11(18)19/h9H,3-8H2,1-2H3,(H2,15,16)(H,17,19). The number of hydrogen-bond acceptors (Lipinski definition) is 3. The predicted octanol–water partition coefficient (Wildman–Crippen LogP) is 3.23. The van der Waals surface area contributed by atoms with Gasteiger partial charge in [-0.15, -0.1) is 5.10 Å². The molecule has 0 amide bonds. The normalized spacial score (nSPS) is 47.8. The molecule has 104 valence electrons. The molecule has 2 unspecified atom stereocenters. The largest absolute Gasteiger partial charge is 0.368 e. The predicted molar refractivity (Wildman–Crippen MR) is 77.2 cm³/mol. The number of rotatable bonds is 1. The summed E-state index contributed by atoms with van der Waals surface area (Å²) in [5.74, 6) is 1.40. The third-order valence-corrected chi connectivity index (χ3v) is 6.04. The molecule has 5 rings (SSSR count). The van der Waals surface area contributed by atoms with Crippen LogP contribution in [0, 0.1) is 21.5 Å². The second kappa shape index (κ2) is 3.25. The van der Waals surface area contributed by atoms with E-state index in [4.69, 9.17) is 18.0 Å². The lowest BCUT2D eigenvalue weighted by molar-refractivity contribution is -0.135. The zero-order valence-corrected chi connectivity index (χ0v) is 12.5. The first kappa shape index (κ1) is 11.9. The fourth-order valence-electron chi connectivity index (χ4n) is 6.40. The molecule has 1 heterocycles. The molecular weight excluding hydrogens is 256 g/mol. The molecule has 4 fully saturated rings. The minimum absolute atomic E-state index is 0.122. The van der Waals surface area contributed by atoms with Gasteiger partial charge >= 0.3 is 0 Å². The number of anilines is 1. The van der Waals surface area contributed by atoms with Crippen molar-refractivity contribution in [1.82, 2.24) is 14.8 Å². The van der Waals surface area contributed by atoms with Crippen LogP contribution in [0.15, 0.2) is 0 Å². The number of hydrogen-bond donors (Lipinski definition) is 2. The van der Waals surface area contributed by atoms with Crippen LogP contribution in [-0.4, -0.2) is 14.8 Å². The van der Waals surface area contributed by atoms with E-state index < -0.39 is 0 Å². The summed E-state index contributed by atoms with van der Waals surface area (Å²) >= 11 is 5.45. The number of nitrogens with two attached hydrogens (primary N) is 1. The van der Waals surface area contributed by atoms with E-state index in [1.165, 1.54) is 38.5 Å². The van der Waals surface area contributed by atoms with Crippen molar-refractivity contribution in [2.24, 2.45) is 16.7 Å². The maximum absolute atomic E-state index is 6.10. The van der Waals surface area contributed by atoms with Crippen molar-refractivity contribution in [3.63, 3.8) is 0 Å². The number of aromatic nitrogens is 3. The number of aromatic amines is 1. The monoisotopic (exact) mass is 278 g/mol. The molecule has 2 atom stereocenters. The highest BCUT2D eigenvalue weighted by atomic mass is 32.1. The molecule has 0 saturated heterocycles. The van der Waals surface area contributed by atoms with Crippen molar-refractivity contribution in [2.75, 3.05) is 5.73 Å². The quantitative estimate of drug-likeness (QED) is 0.775. The molecule has 3 N–H and O–H groups in total. The van der Waals surface area contributed by atoms with E-state index in [1.54, 1.807) is 0 Å². The van der Waals surface area contributed by atoms with Crippen LogP contribution in [0.1, 0.15) is 52.4 Å². The van der Waals surface area contributed by atoms with Gasteiger partial charge in [-0.2, -0.15) is 0 Å². The molecule has 1 aromatic rings. The van der Waals surface area contributed by atoms with Crippen molar-refractivity contribution in [3.8, 4) is 0 Å². The van der Waals surface area contributed by atoms with Gasteiger partial charge in [-0.3, -0.25) is 4.57 Å². The fourth-order valence-corrected chi connectivity index (χ4v) is 6.74. The van der Waals surface area contributed by atoms with Gasteiger partial charge in [-0.05, 0) is 67.5 Å². The zero-order chi connectivity index (χ0) is 13.5. The zero-order valence-electron chi connectivity index (χ0n) is 11.7. The van der Waals surface area contributed by atoms with Gasteiger partial charge in [-0.25, -0.2) is 5.10 Å². The molecule has 1 aromatic heterocycles. The molecule has 0 aromatic carbocycles. The Hall–Kier alpha value is -0.840. The summed E-state index contributed by atoms with van der Waals surface area (Å²) in [7, 11) is 0. The summed E-state index contributed by atoms with van der Waals surface area (Å²) in [6.45, 7) is 4.93. The first-order valence-corrected chi connectivity index (χ1v) is 7.68. The van der Waals surface area contributed by atoms with Gasteiger partial charge in [0, 0.05) is 0 Å². The van der Waals surface area contributed by atoms with Crippen LogP contribution >= 0.6 is 12.2 Å². The molecule has 0 aliphatic heterocycles. The van der Waals surface area contributed by atoms with E-state index in [0.29, 0.717) is 21.5 Å². The second-order valence-corrected chi connectivity index (χ2v) is 8.46. The smallest absolute Gasteiger partial charge is 0.221 e. The molecule has 4 nitrogen and oxygen atoms in total. The van der Waals surface area contributed by atoms with Gasteiger partial charge in [-0.1, -0.05) is 13.8 Å². The van der Waals surface area contributed by atoms with Gasteiger partial charge < -0.3 is 5.73 Å². The van der Waals surface area contributed by atoms with Crippen molar-refractivity contribution in [3.05, 3.63) is 4.77 Å². The fraction of sp³-hybridized carbons (Fsp3) is 0.857. The lowest BCUT2D eigenvalue weighted by Crippen LogP contribution is -2.59. The number of nitrogens with one attached hydrogen (secondary N) is 1. The molecule has 0 radical (unpaired) electrons. The van der Waals surface area contributed by atoms with E-state index in [-0.39, 0.29) is 5.54 Å². The summed E-state index contributed by atoms with van der Waals surface area (Å²) < 4.78 is 2.84. The maximum Gasteiger partial charge on any atom is 0.221 e. The highest BCUT2D eigenvalue weighted by Gasteiger charge is 2.61. The molecule has 4 saturated carbocycles. The Morgan fingerprint density at radius 2 is 1.84 bits per heavy atom. The van der Waals surface area contributed by atoms with Gasteiger partial charge in [0.15, 0.2) is 4.77 Å². The molecule has 4 aliphatic carbocycles. The topological polar surface area (TPSA) is 59.6 Å². The lowest BCUT2D eigenvalue weighted by atomic mass is 9.42. The Bertz CT molecular complexity index is 583. The summed E-state index contributed by atoms with van der Waals surface area (Å²) in [5.41, 5.74) is 7.15. The SMILES string of the molecule is CC12CC3CC(C)(C1)CC(n1c(N)n[nH]c1=S)(C3)C2. The first-order chi connectivity index (χ1) is 8.83. The van der Waals surface area contributed by atoms with Gasteiger partial charge in [0.05, 0.1) is 5.54 Å². The van der Waals surface area contributed by atoms with Crippen molar-refractivity contribution >= 4 is 18.2 Å². The number of nitrogens with zero attached hydrogens (tertiary/aromatic N) is 2. The van der Waals surface area contributed by atoms with E-state index in [2.05, 4.69) is 28.6 Å². The minimum Gasteiger partial charge on any atom is -0.368 e. The highest BCUT2D eigenvalue weighted by molar-refractivity contribution is 7.71. The van der Waals surface area contributed by atoms with E-state index in [0.717, 1.165) is 5.92 Å². The third kappa shape index (κ3) is 1.51. The third-order valence-electron chi connectivity index (χ3n) is 5.77. The number of H-pyrrole nitrogens is 1. The summed E-state index contributed by atoms with van der Waals surface area (Å²) in [4.78, 5) is 0. The second-order valence-electron chi connectivity index (χ2n) is 8.08. The van der Waals surface area contributed by atoms with Crippen molar-refractivity contribution < 1.29 is 0 Å². The average Bonchev–Trinajstić information content (AvgIpc) is 2.53. The van der Waals surface area contributed by atoms with Crippen LogP contribution in [0.3, 0.4) is 0 Å². The molecular formula is C14H22N4S. The average molecular weight is 278 g/mol. The Labute approximate surface area is 118 Å². The lowest BCUT2D eigenvalue weighted by Gasteiger charge is -2.65. The van der Waals surface area contributed by atoms with Gasteiger partial charge in [0.2, 0.25) is 5.95 Å². The minimum atomic E-state index is 0.122. The highest BCUT2D eigenvalue weighted by Crippen LogP contribution is 2.68. The van der Waals surface area contributed by atoms with Crippen LogP contribution in [0.25, 0.3) is 0 Å². The molecule has 4 aliphatic rings.